The Balaban J connectivity index is 1.56. The van der Waals surface area contributed by atoms with E-state index in [-0.39, 0.29) is 5.69 Å². The van der Waals surface area contributed by atoms with Crippen molar-refractivity contribution in [2.75, 3.05) is 18.0 Å². The van der Waals surface area contributed by atoms with Crippen LogP contribution in [0.15, 0.2) is 42.7 Å². The first-order valence-corrected chi connectivity index (χ1v) is 8.24. The molecule has 25 heavy (non-hydrogen) atoms. The molecule has 1 N–H and O–H groups in total. The molecule has 128 valence electrons. The number of pyridine rings is 1. The molecule has 3 heterocycles. The van der Waals surface area contributed by atoms with Crippen molar-refractivity contribution in [1.29, 1.82) is 0 Å². The zero-order chi connectivity index (χ0) is 17.4. The molecule has 4 rings (SSSR count). The predicted octanol–water partition coefficient (Wildman–Crippen LogP) is 3.99. The number of hydrogen-bond acceptors (Lipinski definition) is 4. The molecule has 7 heteroatoms. The van der Waals surface area contributed by atoms with E-state index in [1.807, 2.05) is 17.2 Å². The van der Waals surface area contributed by atoms with E-state index in [1.54, 1.807) is 6.20 Å². The molecule has 1 aliphatic rings. The van der Waals surface area contributed by atoms with E-state index < -0.39 is 10.7 Å². The number of piperidine rings is 1. The van der Waals surface area contributed by atoms with Crippen LogP contribution in [0.1, 0.15) is 24.3 Å². The first-order chi connectivity index (χ1) is 12.1. The van der Waals surface area contributed by atoms with Crippen LogP contribution < -0.4 is 4.90 Å². The first-order valence-electron chi connectivity index (χ1n) is 8.24. The molecule has 6 nitrogen and oxygen atoms in total. The highest BCUT2D eigenvalue weighted by Crippen LogP contribution is 2.36. The summed E-state index contributed by atoms with van der Waals surface area (Å²) in [6.07, 6.45) is 5.47. The zero-order valence-electron chi connectivity index (χ0n) is 13.5. The van der Waals surface area contributed by atoms with E-state index in [2.05, 4.69) is 16.0 Å². The summed E-state index contributed by atoms with van der Waals surface area (Å²) >= 11 is 0. The number of hydrogen-bond donors (Lipinski definition) is 1. The van der Waals surface area contributed by atoms with Crippen molar-refractivity contribution in [2.24, 2.45) is 0 Å². The Labute approximate surface area is 143 Å². The summed E-state index contributed by atoms with van der Waals surface area (Å²) in [4.78, 5) is 20.2. The Kier molecular flexibility index (Phi) is 3.83. The van der Waals surface area contributed by atoms with Gasteiger partial charge < -0.3 is 9.88 Å². The predicted molar refractivity (Wildman–Crippen MR) is 93.3 cm³/mol. The molecule has 3 aromatic rings. The number of benzene rings is 1. The standard InChI is InChI=1S/C18H17FN4O2/c19-13-3-4-16(23(24)25)17(10-13)22-8-5-12(6-9-22)15-11-21-18-14(15)2-1-7-20-18/h1-4,7,10-12H,5-6,8-9H2,(H,20,21). The number of nitro benzene ring substituents is 1. The normalized spacial score (nSPS) is 15.6. The number of nitrogens with zero attached hydrogens (tertiary/aromatic N) is 3. The second kappa shape index (κ2) is 6.16. The fraction of sp³-hybridized carbons (Fsp3) is 0.278. The van der Waals surface area contributed by atoms with Crippen molar-refractivity contribution in [3.63, 3.8) is 0 Å². The van der Waals surface area contributed by atoms with Gasteiger partial charge in [0.05, 0.1) is 4.92 Å². The number of aromatic nitrogens is 2. The number of aromatic amines is 1. The Morgan fingerprint density at radius 2 is 2.08 bits per heavy atom. The Bertz CT molecular complexity index is 932. The van der Waals surface area contributed by atoms with Gasteiger partial charge in [-0.25, -0.2) is 9.37 Å². The third kappa shape index (κ3) is 2.82. The van der Waals surface area contributed by atoms with Gasteiger partial charge in [0.1, 0.15) is 17.2 Å². The van der Waals surface area contributed by atoms with Gasteiger partial charge in [0.15, 0.2) is 0 Å². The molecular weight excluding hydrogens is 323 g/mol. The Morgan fingerprint density at radius 3 is 2.84 bits per heavy atom. The average molecular weight is 340 g/mol. The first kappa shape index (κ1) is 15.6. The topological polar surface area (TPSA) is 75.1 Å². The van der Waals surface area contributed by atoms with E-state index in [9.17, 15) is 14.5 Å². The lowest BCUT2D eigenvalue weighted by Crippen LogP contribution is -2.33. The van der Waals surface area contributed by atoms with E-state index >= 15 is 0 Å². The van der Waals surface area contributed by atoms with Gasteiger partial charge in [-0.05, 0) is 42.5 Å². The highest BCUT2D eigenvalue weighted by atomic mass is 19.1. The molecule has 1 aromatic carbocycles. The summed E-state index contributed by atoms with van der Waals surface area (Å²) in [6, 6.07) is 7.60. The lowest BCUT2D eigenvalue weighted by Gasteiger charge is -2.33. The van der Waals surface area contributed by atoms with Crippen LogP contribution in [0.4, 0.5) is 15.8 Å². The second-order valence-corrected chi connectivity index (χ2v) is 6.30. The van der Waals surface area contributed by atoms with E-state index in [0.717, 1.165) is 29.9 Å². The van der Waals surface area contributed by atoms with Crippen LogP contribution in [-0.2, 0) is 0 Å². The van der Waals surface area contributed by atoms with Crippen LogP contribution >= 0.6 is 0 Å². The quantitative estimate of drug-likeness (QED) is 0.578. The van der Waals surface area contributed by atoms with Crippen LogP contribution in [0.2, 0.25) is 0 Å². The molecule has 0 saturated carbocycles. The lowest BCUT2D eigenvalue weighted by atomic mass is 9.89. The van der Waals surface area contributed by atoms with Crippen LogP contribution in [0.5, 0.6) is 0 Å². The van der Waals surface area contributed by atoms with Crippen LogP contribution in [0, 0.1) is 15.9 Å². The maximum absolute atomic E-state index is 13.6. The molecule has 0 aliphatic carbocycles. The maximum atomic E-state index is 13.6. The van der Waals surface area contributed by atoms with E-state index in [4.69, 9.17) is 0 Å². The molecular formula is C18H17FN4O2. The fourth-order valence-electron chi connectivity index (χ4n) is 3.65. The van der Waals surface area contributed by atoms with Crippen molar-refractivity contribution in [3.8, 4) is 0 Å². The van der Waals surface area contributed by atoms with Crippen molar-refractivity contribution < 1.29 is 9.31 Å². The maximum Gasteiger partial charge on any atom is 0.292 e. The van der Waals surface area contributed by atoms with E-state index in [0.29, 0.717) is 24.7 Å². The van der Waals surface area contributed by atoms with Gasteiger partial charge in [0.25, 0.3) is 5.69 Å². The number of fused-ring (bicyclic) bond motifs is 1. The molecule has 1 fully saturated rings. The molecule has 0 amide bonds. The summed E-state index contributed by atoms with van der Waals surface area (Å²) in [5.74, 6) is -0.0905. The molecule has 0 radical (unpaired) electrons. The molecule has 1 saturated heterocycles. The third-order valence-electron chi connectivity index (χ3n) is 4.89. The van der Waals surface area contributed by atoms with Gasteiger partial charge in [0, 0.05) is 43.0 Å². The summed E-state index contributed by atoms with van der Waals surface area (Å²) in [5.41, 5.74) is 2.43. The molecule has 0 bridgehead atoms. The van der Waals surface area contributed by atoms with Crippen molar-refractivity contribution in [2.45, 2.75) is 18.8 Å². The van der Waals surface area contributed by atoms with Crippen LogP contribution in [-0.4, -0.2) is 28.0 Å². The average Bonchev–Trinajstić information content (AvgIpc) is 3.05. The second-order valence-electron chi connectivity index (χ2n) is 6.30. The summed E-state index contributed by atoms with van der Waals surface area (Å²) in [6.45, 7) is 1.31. The summed E-state index contributed by atoms with van der Waals surface area (Å²) < 4.78 is 13.6. The summed E-state index contributed by atoms with van der Waals surface area (Å²) in [7, 11) is 0. The highest BCUT2D eigenvalue weighted by Gasteiger charge is 2.27. The van der Waals surface area contributed by atoms with Gasteiger partial charge in [-0.3, -0.25) is 10.1 Å². The van der Waals surface area contributed by atoms with E-state index in [1.165, 1.54) is 17.7 Å². The van der Waals surface area contributed by atoms with Gasteiger partial charge in [-0.2, -0.15) is 0 Å². The minimum atomic E-state index is -0.453. The van der Waals surface area contributed by atoms with Crippen molar-refractivity contribution in [3.05, 3.63) is 64.2 Å². The Hall–Kier alpha value is -2.96. The van der Waals surface area contributed by atoms with Crippen molar-refractivity contribution in [1.82, 2.24) is 9.97 Å². The number of nitrogens with one attached hydrogen (secondary N) is 1. The van der Waals surface area contributed by atoms with Crippen molar-refractivity contribution >= 4 is 22.4 Å². The summed E-state index contributed by atoms with van der Waals surface area (Å²) in [5, 5.41) is 12.3. The van der Waals surface area contributed by atoms with Crippen LogP contribution in [0.25, 0.3) is 11.0 Å². The molecule has 1 aliphatic heterocycles. The lowest BCUT2D eigenvalue weighted by molar-refractivity contribution is -0.384. The van der Waals surface area contributed by atoms with Gasteiger partial charge >= 0.3 is 0 Å². The van der Waals surface area contributed by atoms with Gasteiger partial charge in [0.2, 0.25) is 0 Å². The number of anilines is 1. The smallest absolute Gasteiger partial charge is 0.292 e. The minimum Gasteiger partial charge on any atom is -0.366 e. The molecule has 0 unspecified atom stereocenters. The number of nitro groups is 1. The molecule has 0 atom stereocenters. The third-order valence-corrected chi connectivity index (χ3v) is 4.89. The monoisotopic (exact) mass is 340 g/mol. The highest BCUT2D eigenvalue weighted by molar-refractivity contribution is 5.80. The Morgan fingerprint density at radius 1 is 1.28 bits per heavy atom. The molecule has 0 spiro atoms. The van der Waals surface area contributed by atoms with Gasteiger partial charge in [-0.1, -0.05) is 0 Å². The SMILES string of the molecule is O=[N+]([O-])c1ccc(F)cc1N1CCC(c2c[nH]c3ncccc23)CC1. The number of rotatable bonds is 3. The fourth-order valence-corrected chi connectivity index (χ4v) is 3.65. The van der Waals surface area contributed by atoms with Gasteiger partial charge in [-0.15, -0.1) is 0 Å². The minimum absolute atomic E-state index is 0.0452. The molecule has 2 aromatic heterocycles. The van der Waals surface area contributed by atoms with Crippen LogP contribution in [0.3, 0.4) is 0 Å². The number of halogens is 1. The number of H-pyrrole nitrogens is 1. The zero-order valence-corrected chi connectivity index (χ0v) is 13.5. The largest absolute Gasteiger partial charge is 0.366 e.